The number of carboxylic acids is 1. The topological polar surface area (TPSA) is 78.4 Å². The highest BCUT2D eigenvalue weighted by atomic mass is 16.4. The molecule has 0 saturated heterocycles. The van der Waals surface area contributed by atoms with Gasteiger partial charge in [0.15, 0.2) is 0 Å². The lowest BCUT2D eigenvalue weighted by Gasteiger charge is -2.15. The number of urea groups is 1. The van der Waals surface area contributed by atoms with Crippen molar-refractivity contribution in [2.45, 2.75) is 39.5 Å². The molecule has 94 valence electrons. The molecular formula is C11H22N2O3. The fraction of sp³-hybridized carbons (Fsp3) is 0.818. The summed E-state index contributed by atoms with van der Waals surface area (Å²) in [5.41, 5.74) is 0. The summed E-state index contributed by atoms with van der Waals surface area (Å²) in [7, 11) is 0. The molecule has 1 atom stereocenters. The van der Waals surface area contributed by atoms with Gasteiger partial charge in [-0.2, -0.15) is 0 Å². The van der Waals surface area contributed by atoms with E-state index in [1.54, 1.807) is 0 Å². The minimum atomic E-state index is -1.03. The summed E-state index contributed by atoms with van der Waals surface area (Å²) in [5, 5.41) is 13.3. The number of unbranched alkanes of at least 4 members (excludes halogenated alkanes) is 1. The Hall–Kier alpha value is -1.26. The van der Waals surface area contributed by atoms with Crippen molar-refractivity contribution < 1.29 is 14.7 Å². The molecule has 16 heavy (non-hydrogen) atoms. The molecule has 0 bridgehead atoms. The number of nitrogens with one attached hydrogen (secondary N) is 2. The van der Waals surface area contributed by atoms with E-state index in [4.69, 9.17) is 5.11 Å². The molecule has 0 aromatic rings. The minimum absolute atomic E-state index is 0.336. The summed E-state index contributed by atoms with van der Waals surface area (Å²) in [5.74, 6) is -0.552. The van der Waals surface area contributed by atoms with E-state index in [2.05, 4.69) is 24.5 Å². The molecular weight excluding hydrogens is 208 g/mol. The normalized spacial score (nSPS) is 11.9. The lowest BCUT2D eigenvalue weighted by molar-refractivity contribution is -0.135. The Morgan fingerprint density at radius 1 is 1.25 bits per heavy atom. The van der Waals surface area contributed by atoms with E-state index in [1.807, 2.05) is 0 Å². The first kappa shape index (κ1) is 14.7. The van der Waals surface area contributed by atoms with Crippen molar-refractivity contribution in [2.24, 2.45) is 5.92 Å². The first-order valence-corrected chi connectivity index (χ1v) is 5.83. The number of aliphatic carboxylic acids is 1. The van der Waals surface area contributed by atoms with Gasteiger partial charge in [-0.3, -0.25) is 4.79 Å². The Labute approximate surface area is 96.6 Å². The summed E-state index contributed by atoms with van der Waals surface area (Å²) >= 11 is 0. The maximum atomic E-state index is 11.2. The Morgan fingerprint density at radius 2 is 1.94 bits per heavy atom. The summed E-state index contributed by atoms with van der Waals surface area (Å²) in [4.78, 5) is 21.4. The van der Waals surface area contributed by atoms with Gasteiger partial charge in [-0.15, -0.1) is 0 Å². The monoisotopic (exact) mass is 230 g/mol. The predicted molar refractivity (Wildman–Crippen MR) is 62.3 cm³/mol. The molecule has 0 aromatic carbocycles. The number of carbonyl (C=O) groups is 2. The predicted octanol–water partition coefficient (Wildman–Crippen LogP) is 1.59. The van der Waals surface area contributed by atoms with Gasteiger partial charge in [-0.05, 0) is 12.3 Å². The van der Waals surface area contributed by atoms with E-state index < -0.39 is 12.0 Å². The van der Waals surface area contributed by atoms with Gasteiger partial charge >= 0.3 is 12.0 Å². The van der Waals surface area contributed by atoms with E-state index in [0.717, 1.165) is 25.7 Å². The Kier molecular flexibility index (Phi) is 8.29. The average Bonchev–Trinajstić information content (AvgIpc) is 2.26. The number of hydrogen-bond acceptors (Lipinski definition) is 2. The van der Waals surface area contributed by atoms with Gasteiger partial charge in [0.2, 0.25) is 0 Å². The fourth-order valence-electron chi connectivity index (χ4n) is 1.40. The van der Waals surface area contributed by atoms with Gasteiger partial charge in [0.1, 0.15) is 6.54 Å². The second kappa shape index (κ2) is 9.00. The third-order valence-electron chi connectivity index (χ3n) is 2.49. The summed E-state index contributed by atoms with van der Waals surface area (Å²) in [6, 6.07) is -0.405. The smallest absolute Gasteiger partial charge is 0.323 e. The third kappa shape index (κ3) is 8.08. The molecule has 0 rings (SSSR count). The summed E-state index contributed by atoms with van der Waals surface area (Å²) < 4.78 is 0. The van der Waals surface area contributed by atoms with E-state index in [0.29, 0.717) is 12.5 Å². The molecule has 0 saturated carbocycles. The van der Waals surface area contributed by atoms with Crippen LogP contribution in [0.1, 0.15) is 39.5 Å². The van der Waals surface area contributed by atoms with Crippen LogP contribution in [0.5, 0.6) is 0 Å². The zero-order chi connectivity index (χ0) is 12.4. The molecule has 1 unspecified atom stereocenters. The van der Waals surface area contributed by atoms with Crippen molar-refractivity contribution >= 4 is 12.0 Å². The van der Waals surface area contributed by atoms with Crippen LogP contribution in [-0.4, -0.2) is 30.2 Å². The zero-order valence-electron chi connectivity index (χ0n) is 10.1. The van der Waals surface area contributed by atoms with Crippen LogP contribution in [-0.2, 0) is 4.79 Å². The van der Waals surface area contributed by atoms with E-state index in [-0.39, 0.29) is 6.54 Å². The molecule has 2 amide bonds. The molecule has 0 aromatic heterocycles. The average molecular weight is 230 g/mol. The summed E-state index contributed by atoms with van der Waals surface area (Å²) in [6.45, 7) is 4.51. The maximum absolute atomic E-state index is 11.2. The maximum Gasteiger partial charge on any atom is 0.323 e. The Balaban J connectivity index is 3.66. The summed E-state index contributed by atoms with van der Waals surface area (Å²) in [6.07, 6.45) is 4.45. The highest BCUT2D eigenvalue weighted by molar-refractivity contribution is 5.79. The lowest BCUT2D eigenvalue weighted by atomic mass is 9.99. The quantitative estimate of drug-likeness (QED) is 0.592. The van der Waals surface area contributed by atoms with E-state index in [1.165, 1.54) is 0 Å². The standard InChI is InChI=1S/C11H22N2O3/c1-3-5-6-9(4-2)7-12-11(16)13-8-10(14)15/h9H,3-8H2,1-2H3,(H,14,15)(H2,12,13,16). The minimum Gasteiger partial charge on any atom is -0.480 e. The number of amides is 2. The van der Waals surface area contributed by atoms with Crippen LogP contribution in [0, 0.1) is 5.92 Å². The van der Waals surface area contributed by atoms with Gasteiger partial charge in [0.25, 0.3) is 0 Å². The van der Waals surface area contributed by atoms with Crippen molar-refractivity contribution in [1.29, 1.82) is 0 Å². The zero-order valence-corrected chi connectivity index (χ0v) is 10.1. The Bertz CT molecular complexity index is 219. The highest BCUT2D eigenvalue weighted by Crippen LogP contribution is 2.10. The molecule has 0 aliphatic heterocycles. The van der Waals surface area contributed by atoms with E-state index in [9.17, 15) is 9.59 Å². The van der Waals surface area contributed by atoms with Gasteiger partial charge in [0, 0.05) is 6.54 Å². The van der Waals surface area contributed by atoms with Gasteiger partial charge in [0.05, 0.1) is 0 Å². The van der Waals surface area contributed by atoms with Crippen LogP contribution in [0.3, 0.4) is 0 Å². The second-order valence-electron chi connectivity index (χ2n) is 3.87. The van der Waals surface area contributed by atoms with Crippen molar-refractivity contribution in [1.82, 2.24) is 10.6 Å². The van der Waals surface area contributed by atoms with Crippen LogP contribution in [0.15, 0.2) is 0 Å². The van der Waals surface area contributed by atoms with Crippen molar-refractivity contribution in [3.8, 4) is 0 Å². The SMILES string of the molecule is CCCCC(CC)CNC(=O)NCC(=O)O. The molecule has 0 heterocycles. The first-order valence-electron chi connectivity index (χ1n) is 5.83. The highest BCUT2D eigenvalue weighted by Gasteiger charge is 2.08. The van der Waals surface area contributed by atoms with Gasteiger partial charge < -0.3 is 15.7 Å². The number of hydrogen-bond donors (Lipinski definition) is 3. The number of carboxylic acid groups (broad SMARTS) is 1. The largest absolute Gasteiger partial charge is 0.480 e. The van der Waals surface area contributed by atoms with Crippen LogP contribution in [0.2, 0.25) is 0 Å². The van der Waals surface area contributed by atoms with Gasteiger partial charge in [-0.1, -0.05) is 33.1 Å². The van der Waals surface area contributed by atoms with Crippen LogP contribution in [0.4, 0.5) is 4.79 Å². The van der Waals surface area contributed by atoms with Crippen molar-refractivity contribution in [3.05, 3.63) is 0 Å². The molecule has 0 fully saturated rings. The molecule has 0 aliphatic carbocycles. The molecule has 5 nitrogen and oxygen atoms in total. The molecule has 0 aliphatic rings. The second-order valence-corrected chi connectivity index (χ2v) is 3.87. The Morgan fingerprint density at radius 3 is 2.44 bits per heavy atom. The van der Waals surface area contributed by atoms with Crippen LogP contribution >= 0.6 is 0 Å². The number of carbonyl (C=O) groups excluding carboxylic acids is 1. The first-order chi connectivity index (χ1) is 7.60. The van der Waals surface area contributed by atoms with Gasteiger partial charge in [-0.25, -0.2) is 4.79 Å². The van der Waals surface area contributed by atoms with E-state index >= 15 is 0 Å². The fourth-order valence-corrected chi connectivity index (χ4v) is 1.40. The lowest BCUT2D eigenvalue weighted by Crippen LogP contribution is -2.40. The molecule has 3 N–H and O–H groups in total. The van der Waals surface area contributed by atoms with Crippen molar-refractivity contribution in [3.63, 3.8) is 0 Å². The third-order valence-corrected chi connectivity index (χ3v) is 2.49. The van der Waals surface area contributed by atoms with Crippen molar-refractivity contribution in [2.75, 3.05) is 13.1 Å². The molecule has 0 spiro atoms. The van der Waals surface area contributed by atoms with Crippen LogP contribution in [0.25, 0.3) is 0 Å². The molecule has 5 heteroatoms. The van der Waals surface area contributed by atoms with Crippen LogP contribution < -0.4 is 10.6 Å². The molecule has 0 radical (unpaired) electrons. The number of rotatable bonds is 8.